The van der Waals surface area contributed by atoms with Crippen LogP contribution in [0, 0.1) is 0 Å². The summed E-state index contributed by atoms with van der Waals surface area (Å²) in [6.07, 6.45) is 10.2. The molecule has 0 aromatic heterocycles. The van der Waals surface area contributed by atoms with Crippen LogP contribution in [-0.2, 0) is 21.9 Å². The van der Waals surface area contributed by atoms with Gasteiger partial charge in [0.2, 0.25) is 0 Å². The van der Waals surface area contributed by atoms with Gasteiger partial charge < -0.3 is 0 Å². The predicted octanol–water partition coefficient (Wildman–Crippen LogP) is 5.22. The standard InChI is InChI=1S/C25H23P.Ni/c1-2-25(19-11-12-20-25)23-17-9-10-18-24(23)26(21-13-5-3-6-14-21)22-15-7-4-8-16-22;/h3-20H,2H2,1H3;. The van der Waals surface area contributed by atoms with Crippen LogP contribution in [0.25, 0.3) is 0 Å². The van der Waals surface area contributed by atoms with E-state index < -0.39 is 7.92 Å². The molecule has 4 rings (SSSR count). The monoisotopic (exact) mass is 412 g/mol. The Balaban J connectivity index is 0.00000210. The van der Waals surface area contributed by atoms with Crippen molar-refractivity contribution in [1.29, 1.82) is 0 Å². The summed E-state index contributed by atoms with van der Waals surface area (Å²) in [5.74, 6) is 0. The molecule has 27 heavy (non-hydrogen) atoms. The largest absolute Gasteiger partial charge is 0.0702 e. The van der Waals surface area contributed by atoms with Crippen LogP contribution in [0.3, 0.4) is 0 Å². The Morgan fingerprint density at radius 2 is 1.15 bits per heavy atom. The van der Waals surface area contributed by atoms with Gasteiger partial charge in [0.05, 0.1) is 0 Å². The summed E-state index contributed by atoms with van der Waals surface area (Å²) >= 11 is 0. The summed E-state index contributed by atoms with van der Waals surface area (Å²) in [6.45, 7) is 2.28. The fourth-order valence-electron chi connectivity index (χ4n) is 3.76. The molecule has 0 nitrogen and oxygen atoms in total. The molecule has 0 aliphatic heterocycles. The zero-order valence-corrected chi connectivity index (χ0v) is 17.2. The summed E-state index contributed by atoms with van der Waals surface area (Å²) in [7, 11) is -0.588. The molecule has 0 heterocycles. The summed E-state index contributed by atoms with van der Waals surface area (Å²) in [4.78, 5) is 0. The van der Waals surface area contributed by atoms with Crippen molar-refractivity contribution in [2.75, 3.05) is 0 Å². The fourth-order valence-corrected chi connectivity index (χ4v) is 6.31. The summed E-state index contributed by atoms with van der Waals surface area (Å²) in [6, 6.07) is 30.9. The first-order valence-corrected chi connectivity index (χ1v) is 10.5. The van der Waals surface area contributed by atoms with Crippen molar-refractivity contribution in [3.63, 3.8) is 0 Å². The molecule has 0 atom stereocenters. The quantitative estimate of drug-likeness (QED) is 0.398. The van der Waals surface area contributed by atoms with Gasteiger partial charge in [0, 0.05) is 21.9 Å². The molecule has 0 saturated carbocycles. The van der Waals surface area contributed by atoms with Gasteiger partial charge in [-0.05, 0) is 35.8 Å². The molecule has 3 aromatic carbocycles. The fraction of sp³-hybridized carbons (Fsp3) is 0.120. The normalized spacial score (nSPS) is 14.3. The Bertz CT molecular complexity index is 877. The van der Waals surface area contributed by atoms with E-state index in [0.717, 1.165) is 6.42 Å². The maximum Gasteiger partial charge on any atom is 0.0322 e. The topological polar surface area (TPSA) is 0 Å². The van der Waals surface area contributed by atoms with E-state index in [1.165, 1.54) is 21.5 Å². The molecule has 0 bridgehead atoms. The molecule has 138 valence electrons. The first kappa shape index (κ1) is 19.8. The zero-order valence-electron chi connectivity index (χ0n) is 15.4. The van der Waals surface area contributed by atoms with Gasteiger partial charge in [-0.3, -0.25) is 0 Å². The number of hydrogen-bond donors (Lipinski definition) is 0. The summed E-state index contributed by atoms with van der Waals surface area (Å²) in [5, 5.41) is 4.26. The third-order valence-corrected chi connectivity index (χ3v) is 7.66. The third kappa shape index (κ3) is 3.86. The average Bonchev–Trinajstić information content (AvgIpc) is 3.21. The second-order valence-electron chi connectivity index (χ2n) is 6.64. The minimum atomic E-state index is -0.588. The molecule has 0 N–H and O–H groups in total. The molecular formula is C25H23NiP. The van der Waals surface area contributed by atoms with Crippen molar-refractivity contribution in [3.05, 3.63) is 115 Å². The number of benzene rings is 3. The van der Waals surface area contributed by atoms with Gasteiger partial charge in [0.25, 0.3) is 0 Å². The van der Waals surface area contributed by atoms with Crippen molar-refractivity contribution >= 4 is 23.8 Å². The van der Waals surface area contributed by atoms with Gasteiger partial charge in [-0.1, -0.05) is 116 Å². The minimum absolute atomic E-state index is 0. The molecule has 0 spiro atoms. The molecule has 1 aliphatic rings. The maximum absolute atomic E-state index is 2.36. The van der Waals surface area contributed by atoms with Gasteiger partial charge in [0.1, 0.15) is 0 Å². The van der Waals surface area contributed by atoms with E-state index in [9.17, 15) is 0 Å². The van der Waals surface area contributed by atoms with Crippen LogP contribution in [0.4, 0.5) is 0 Å². The van der Waals surface area contributed by atoms with Gasteiger partial charge in [-0.2, -0.15) is 0 Å². The maximum atomic E-state index is 2.36. The first-order chi connectivity index (χ1) is 12.8. The van der Waals surface area contributed by atoms with Gasteiger partial charge in [0.15, 0.2) is 0 Å². The van der Waals surface area contributed by atoms with Crippen LogP contribution in [0.1, 0.15) is 18.9 Å². The summed E-state index contributed by atoms with van der Waals surface area (Å²) < 4.78 is 0. The summed E-state index contributed by atoms with van der Waals surface area (Å²) in [5.41, 5.74) is 1.45. The second-order valence-corrected chi connectivity index (χ2v) is 8.82. The van der Waals surface area contributed by atoms with Gasteiger partial charge in [-0.15, -0.1) is 0 Å². The van der Waals surface area contributed by atoms with Crippen LogP contribution < -0.4 is 15.9 Å². The van der Waals surface area contributed by atoms with Crippen molar-refractivity contribution in [2.24, 2.45) is 0 Å². The van der Waals surface area contributed by atoms with Crippen LogP contribution >= 0.6 is 7.92 Å². The van der Waals surface area contributed by atoms with E-state index in [0.29, 0.717) is 0 Å². The van der Waals surface area contributed by atoms with Gasteiger partial charge in [-0.25, -0.2) is 0 Å². The molecule has 0 radical (unpaired) electrons. The minimum Gasteiger partial charge on any atom is -0.0702 e. The Morgan fingerprint density at radius 1 is 0.667 bits per heavy atom. The SMILES string of the molecule is CCC1(c2ccccc2P(c2ccccc2)c2ccccc2)C=CC=C1.[Ni]. The molecule has 0 amide bonds. The van der Waals surface area contributed by atoms with E-state index in [1.807, 2.05) is 0 Å². The van der Waals surface area contributed by atoms with Gasteiger partial charge >= 0.3 is 0 Å². The molecular weight excluding hydrogens is 390 g/mol. The van der Waals surface area contributed by atoms with E-state index in [2.05, 4.69) is 116 Å². The molecule has 1 aliphatic carbocycles. The van der Waals surface area contributed by atoms with E-state index in [-0.39, 0.29) is 21.9 Å². The van der Waals surface area contributed by atoms with E-state index in [4.69, 9.17) is 0 Å². The van der Waals surface area contributed by atoms with Crippen LogP contribution in [0.15, 0.2) is 109 Å². The van der Waals surface area contributed by atoms with Crippen molar-refractivity contribution in [3.8, 4) is 0 Å². The molecule has 0 fully saturated rings. The van der Waals surface area contributed by atoms with E-state index >= 15 is 0 Å². The van der Waals surface area contributed by atoms with Crippen molar-refractivity contribution in [1.82, 2.24) is 0 Å². The second kappa shape index (κ2) is 8.83. The Kier molecular flexibility index (Phi) is 6.48. The molecule has 3 aromatic rings. The molecule has 0 unspecified atom stereocenters. The first-order valence-electron chi connectivity index (χ1n) is 9.21. The number of allylic oxidation sites excluding steroid dienone is 4. The molecule has 0 saturated heterocycles. The van der Waals surface area contributed by atoms with Crippen LogP contribution in [-0.4, -0.2) is 0 Å². The smallest absolute Gasteiger partial charge is 0.0322 e. The number of rotatable bonds is 5. The third-order valence-electron chi connectivity index (χ3n) is 5.16. The van der Waals surface area contributed by atoms with Crippen LogP contribution in [0.5, 0.6) is 0 Å². The Morgan fingerprint density at radius 3 is 1.67 bits per heavy atom. The van der Waals surface area contributed by atoms with E-state index in [1.54, 1.807) is 0 Å². The Labute approximate surface area is 173 Å². The van der Waals surface area contributed by atoms with Crippen molar-refractivity contribution in [2.45, 2.75) is 18.8 Å². The predicted molar refractivity (Wildman–Crippen MR) is 115 cm³/mol. The average molecular weight is 413 g/mol. The molecule has 2 heteroatoms. The number of hydrogen-bond acceptors (Lipinski definition) is 0. The van der Waals surface area contributed by atoms with Crippen molar-refractivity contribution < 1.29 is 16.5 Å². The van der Waals surface area contributed by atoms with Crippen LogP contribution in [0.2, 0.25) is 0 Å². The zero-order chi connectivity index (χ0) is 17.8. The Hall–Kier alpha value is -1.94.